The average Bonchev–Trinajstić information content (AvgIpc) is 3.38. The maximum atomic E-state index is 13.9. The summed E-state index contributed by atoms with van der Waals surface area (Å²) in [6.45, 7) is 7.42. The second-order valence-electron chi connectivity index (χ2n) is 9.27. The molecule has 2 heterocycles. The number of fused-ring (bicyclic) bond motifs is 1. The van der Waals surface area contributed by atoms with E-state index >= 15 is 0 Å². The molecule has 0 fully saturated rings. The van der Waals surface area contributed by atoms with Crippen molar-refractivity contribution < 1.29 is 47.4 Å². The van der Waals surface area contributed by atoms with Gasteiger partial charge in [0.05, 0.1) is 5.69 Å². The first-order chi connectivity index (χ1) is 15.7. The average molecular weight is 512 g/mol. The van der Waals surface area contributed by atoms with E-state index in [-0.39, 0.29) is 47.4 Å². The predicted octanol–water partition coefficient (Wildman–Crippen LogP) is 1.27. The van der Waals surface area contributed by atoms with Gasteiger partial charge in [-0.25, -0.2) is 9.67 Å². The van der Waals surface area contributed by atoms with Crippen LogP contribution in [0, 0.1) is 5.95 Å². The number of aryl methyl sites for hydroxylation is 1. The monoisotopic (exact) mass is 511 g/mol. The summed E-state index contributed by atoms with van der Waals surface area (Å²) >= 11 is -2.58. The number of benzene rings is 1. The molecule has 0 saturated heterocycles. The molecule has 0 aliphatic heterocycles. The summed E-state index contributed by atoms with van der Waals surface area (Å²) in [7, 11) is -1.26. The molecule has 1 aliphatic rings. The van der Waals surface area contributed by atoms with Crippen molar-refractivity contribution in [1.82, 2.24) is 19.7 Å². The molecule has 0 saturated carbocycles. The van der Waals surface area contributed by atoms with E-state index in [0.29, 0.717) is 12.2 Å². The topological polar surface area (TPSA) is 105 Å². The zero-order chi connectivity index (χ0) is 23.6. The predicted molar refractivity (Wildman–Crippen MR) is 126 cm³/mol. The van der Waals surface area contributed by atoms with Crippen molar-refractivity contribution in [2.75, 3.05) is 11.9 Å². The molecule has 3 aromatic rings. The fourth-order valence-corrected chi connectivity index (χ4v) is 4.92. The van der Waals surface area contributed by atoms with Crippen molar-refractivity contribution in [3.05, 3.63) is 47.5 Å². The first-order valence-electron chi connectivity index (χ1n) is 10.9. The van der Waals surface area contributed by atoms with Gasteiger partial charge in [-0.2, -0.15) is 9.37 Å². The summed E-state index contributed by atoms with van der Waals surface area (Å²) in [5.74, 6) is -0.305. The smallest absolute Gasteiger partial charge is 0.766 e. The number of rotatable bonds is 9. The zero-order valence-corrected chi connectivity index (χ0v) is 23.7. The molecule has 0 radical (unpaired) electrons. The van der Waals surface area contributed by atoms with Crippen LogP contribution in [0.25, 0.3) is 11.1 Å². The Morgan fingerprint density at radius 2 is 2.06 bits per heavy atom. The second kappa shape index (κ2) is 11.5. The zero-order valence-electron chi connectivity index (χ0n) is 19.9. The number of nitrogens with zero attached hydrogens (tertiary/aromatic N) is 4. The molecule has 0 amide bonds. The van der Waals surface area contributed by atoms with Gasteiger partial charge in [-0.1, -0.05) is 31.8 Å². The van der Waals surface area contributed by atoms with Gasteiger partial charge in [0.1, 0.15) is 6.73 Å². The van der Waals surface area contributed by atoms with Crippen molar-refractivity contribution in [2.24, 2.45) is 0 Å². The standard InChI is InChI=1S/C22H28FN5O3SSi.Na/c1-33(2,3)12-11-31-14-28-21(26-22(27-28)32(29)30)25-20-17-6-4-5-15(17)7-8-18(20)16-9-10-24-19(23)13-16;/h7-10,13H,4-6,11-12,14H2,1-3H3,(H,29,30)(H,25,26,27);/q;+1/p-1. The summed E-state index contributed by atoms with van der Waals surface area (Å²) in [6.07, 6.45) is 4.26. The summed E-state index contributed by atoms with van der Waals surface area (Å²) in [5.41, 5.74) is 4.56. The van der Waals surface area contributed by atoms with Gasteiger partial charge in [0.15, 0.2) is 0 Å². The maximum absolute atomic E-state index is 13.9. The van der Waals surface area contributed by atoms with Crippen LogP contribution in [0.3, 0.4) is 0 Å². The van der Waals surface area contributed by atoms with Crippen molar-refractivity contribution in [3.8, 4) is 11.1 Å². The van der Waals surface area contributed by atoms with Crippen LogP contribution in [0.5, 0.6) is 0 Å². The summed E-state index contributed by atoms with van der Waals surface area (Å²) in [6, 6.07) is 8.11. The number of ether oxygens (including phenoxy) is 1. The number of hydrogen-bond donors (Lipinski definition) is 1. The Hall–Kier alpha value is -1.47. The molecular weight excluding hydrogens is 484 g/mol. The molecule has 1 aromatic carbocycles. The van der Waals surface area contributed by atoms with Crippen LogP contribution in [0.15, 0.2) is 35.6 Å². The first kappa shape index (κ1) is 27.1. The molecule has 0 spiro atoms. The van der Waals surface area contributed by atoms with Gasteiger partial charge in [-0.05, 0) is 48.1 Å². The van der Waals surface area contributed by atoms with Crippen molar-refractivity contribution in [3.63, 3.8) is 0 Å². The molecule has 1 unspecified atom stereocenters. The minimum absolute atomic E-state index is 0. The Morgan fingerprint density at radius 3 is 2.76 bits per heavy atom. The van der Waals surface area contributed by atoms with Crippen molar-refractivity contribution >= 4 is 30.8 Å². The molecule has 8 nitrogen and oxygen atoms in total. The van der Waals surface area contributed by atoms with Crippen molar-refractivity contribution in [2.45, 2.75) is 56.8 Å². The number of halogens is 1. The summed E-state index contributed by atoms with van der Waals surface area (Å²) in [4.78, 5) is 7.83. The van der Waals surface area contributed by atoms with Crippen LogP contribution < -0.4 is 34.9 Å². The van der Waals surface area contributed by atoms with Crippen molar-refractivity contribution in [1.29, 1.82) is 0 Å². The summed E-state index contributed by atoms with van der Waals surface area (Å²) in [5, 5.41) is 7.08. The van der Waals surface area contributed by atoms with Gasteiger partial charge in [0, 0.05) is 43.6 Å². The minimum atomic E-state index is -2.58. The molecule has 1 N–H and O–H groups in total. The number of anilines is 2. The van der Waals surface area contributed by atoms with Gasteiger partial charge in [0.25, 0.3) is 0 Å². The largest absolute Gasteiger partial charge is 1.00 e. The van der Waals surface area contributed by atoms with Crippen LogP contribution in [0.4, 0.5) is 16.0 Å². The second-order valence-corrected chi connectivity index (χ2v) is 15.7. The minimum Gasteiger partial charge on any atom is -0.766 e. The van der Waals surface area contributed by atoms with E-state index in [1.165, 1.54) is 22.5 Å². The van der Waals surface area contributed by atoms with E-state index in [0.717, 1.165) is 42.1 Å². The molecule has 1 aliphatic carbocycles. The SMILES string of the molecule is C[Si](C)(C)CCOCn1nc(S(=O)[O-])nc1Nc1c(-c2ccnc(F)c2)ccc2c1CCC2.[Na+]. The molecule has 34 heavy (non-hydrogen) atoms. The fourth-order valence-electron chi connectivity index (χ4n) is 3.84. The third-order valence-corrected chi connectivity index (χ3v) is 7.74. The van der Waals surface area contributed by atoms with Crippen LogP contribution in [-0.2, 0) is 35.4 Å². The first-order valence-corrected chi connectivity index (χ1v) is 15.6. The van der Waals surface area contributed by atoms with Gasteiger partial charge in [-0.15, -0.1) is 5.10 Å². The Labute approximate surface area is 224 Å². The normalized spacial score (nSPS) is 13.9. The third-order valence-electron chi connectivity index (χ3n) is 5.57. The van der Waals surface area contributed by atoms with Gasteiger partial charge < -0.3 is 14.6 Å². The molecule has 176 valence electrons. The Balaban J connectivity index is 0.00000324. The van der Waals surface area contributed by atoms with Gasteiger partial charge in [0.2, 0.25) is 17.1 Å². The van der Waals surface area contributed by atoms with Crippen LogP contribution in [-0.4, -0.2) is 43.2 Å². The van der Waals surface area contributed by atoms with Crippen LogP contribution in [0.2, 0.25) is 25.7 Å². The molecule has 1 atom stereocenters. The van der Waals surface area contributed by atoms with E-state index < -0.39 is 25.1 Å². The summed E-state index contributed by atoms with van der Waals surface area (Å²) < 4.78 is 44.1. The molecule has 2 aromatic heterocycles. The quantitative estimate of drug-likeness (QED) is 0.200. The van der Waals surface area contributed by atoms with Crippen LogP contribution in [0.1, 0.15) is 17.5 Å². The number of hydrogen-bond acceptors (Lipinski definition) is 7. The van der Waals surface area contributed by atoms with E-state index in [2.05, 4.69) is 46.1 Å². The van der Waals surface area contributed by atoms with Gasteiger partial charge >= 0.3 is 29.6 Å². The van der Waals surface area contributed by atoms with E-state index in [1.807, 2.05) is 6.07 Å². The Morgan fingerprint density at radius 1 is 1.26 bits per heavy atom. The molecule has 0 bridgehead atoms. The number of nitrogens with one attached hydrogen (secondary N) is 1. The molecule has 12 heteroatoms. The third kappa shape index (κ3) is 6.59. The molecular formula is C22H27FN5NaO3SSi. The van der Waals surface area contributed by atoms with Crippen LogP contribution >= 0.6 is 0 Å². The van der Waals surface area contributed by atoms with E-state index in [9.17, 15) is 13.2 Å². The maximum Gasteiger partial charge on any atom is 1.00 e. The molecule has 4 rings (SSSR count). The Bertz CT molecular complexity index is 1190. The van der Waals surface area contributed by atoms with E-state index in [4.69, 9.17) is 4.74 Å². The number of pyridine rings is 1. The van der Waals surface area contributed by atoms with Gasteiger partial charge in [-0.3, -0.25) is 4.21 Å². The van der Waals surface area contributed by atoms with E-state index in [1.54, 1.807) is 6.07 Å². The fraction of sp³-hybridized carbons (Fsp3) is 0.409. The number of aromatic nitrogens is 4. The Kier molecular flexibility index (Phi) is 9.18.